The third kappa shape index (κ3) is 5.13. The second kappa shape index (κ2) is 7.80. The van der Waals surface area contributed by atoms with Crippen molar-refractivity contribution in [2.75, 3.05) is 27.7 Å². The highest BCUT2D eigenvalue weighted by molar-refractivity contribution is 5.98. The predicted molar refractivity (Wildman–Crippen MR) is 79.3 cm³/mol. The van der Waals surface area contributed by atoms with E-state index in [-0.39, 0.29) is 17.5 Å². The number of carbonyl (C=O) groups excluding carboxylic acids is 2. The predicted octanol–water partition coefficient (Wildman–Crippen LogP) is 2.42. The molecule has 0 bridgehead atoms. The minimum atomic E-state index is -0.166. The van der Waals surface area contributed by atoms with Crippen LogP contribution in [0.1, 0.15) is 30.1 Å². The number of carbonyl (C=O) groups is 2. The van der Waals surface area contributed by atoms with Crippen LogP contribution < -0.4 is 4.74 Å². The lowest BCUT2D eigenvalue weighted by molar-refractivity contribution is -0.117. The van der Waals surface area contributed by atoms with Gasteiger partial charge in [-0.15, -0.1) is 0 Å². The maximum absolute atomic E-state index is 12.6. The van der Waals surface area contributed by atoms with Crippen molar-refractivity contribution in [3.63, 3.8) is 0 Å². The van der Waals surface area contributed by atoms with Gasteiger partial charge in [-0.3, -0.25) is 4.79 Å². The Labute approximate surface area is 120 Å². The van der Waals surface area contributed by atoms with E-state index in [1.165, 1.54) is 0 Å². The SMILES string of the molecule is COc1cccc(C(=O)C(CCC(C)=O)CN(C)C)c1. The highest BCUT2D eigenvalue weighted by atomic mass is 16.5. The molecule has 0 aliphatic carbocycles. The largest absolute Gasteiger partial charge is 0.497 e. The van der Waals surface area contributed by atoms with Gasteiger partial charge in [0.25, 0.3) is 0 Å². The van der Waals surface area contributed by atoms with Crippen LogP contribution in [-0.2, 0) is 4.79 Å². The molecule has 0 heterocycles. The highest BCUT2D eigenvalue weighted by Gasteiger charge is 2.21. The van der Waals surface area contributed by atoms with Crippen LogP contribution in [0, 0.1) is 5.92 Å². The van der Waals surface area contributed by atoms with Crippen molar-refractivity contribution in [1.82, 2.24) is 4.90 Å². The molecule has 0 aliphatic rings. The molecule has 0 aromatic heterocycles. The van der Waals surface area contributed by atoms with Gasteiger partial charge in [-0.05, 0) is 39.6 Å². The van der Waals surface area contributed by atoms with Gasteiger partial charge in [0.2, 0.25) is 0 Å². The van der Waals surface area contributed by atoms with Crippen molar-refractivity contribution in [2.45, 2.75) is 19.8 Å². The van der Waals surface area contributed by atoms with Crippen LogP contribution in [0.4, 0.5) is 0 Å². The molecular weight excluding hydrogens is 254 g/mol. The number of hydrogen-bond acceptors (Lipinski definition) is 4. The first-order valence-corrected chi connectivity index (χ1v) is 6.76. The molecule has 0 amide bonds. The third-order valence-electron chi connectivity index (χ3n) is 3.16. The maximum atomic E-state index is 12.6. The Morgan fingerprint density at radius 3 is 2.55 bits per heavy atom. The number of rotatable bonds is 8. The summed E-state index contributed by atoms with van der Waals surface area (Å²) in [5, 5.41) is 0. The van der Waals surface area contributed by atoms with E-state index in [9.17, 15) is 9.59 Å². The van der Waals surface area contributed by atoms with Crippen molar-refractivity contribution in [2.24, 2.45) is 5.92 Å². The Hall–Kier alpha value is -1.68. The number of nitrogens with zero attached hydrogens (tertiary/aromatic N) is 1. The summed E-state index contributed by atoms with van der Waals surface area (Å²) in [5.74, 6) is 0.693. The van der Waals surface area contributed by atoms with Crippen LogP contribution in [0.5, 0.6) is 5.75 Å². The van der Waals surface area contributed by atoms with Crippen molar-refractivity contribution >= 4 is 11.6 Å². The average Bonchev–Trinajstić information content (AvgIpc) is 2.42. The zero-order valence-corrected chi connectivity index (χ0v) is 12.7. The topological polar surface area (TPSA) is 46.6 Å². The van der Waals surface area contributed by atoms with E-state index >= 15 is 0 Å². The van der Waals surface area contributed by atoms with Crippen LogP contribution >= 0.6 is 0 Å². The van der Waals surface area contributed by atoms with E-state index in [1.807, 2.05) is 31.1 Å². The fourth-order valence-electron chi connectivity index (χ4n) is 2.14. The van der Waals surface area contributed by atoms with Gasteiger partial charge < -0.3 is 14.4 Å². The van der Waals surface area contributed by atoms with Crippen LogP contribution in [-0.4, -0.2) is 44.2 Å². The average molecular weight is 277 g/mol. The lowest BCUT2D eigenvalue weighted by Gasteiger charge is -2.20. The Bertz CT molecular complexity index is 469. The fourth-order valence-corrected chi connectivity index (χ4v) is 2.14. The molecule has 0 saturated heterocycles. The zero-order chi connectivity index (χ0) is 15.1. The standard InChI is InChI=1S/C16H23NO3/c1-12(18)8-9-14(11-17(2)3)16(19)13-6-5-7-15(10-13)20-4/h5-7,10,14H,8-9,11H2,1-4H3. The van der Waals surface area contributed by atoms with E-state index in [2.05, 4.69) is 0 Å². The van der Waals surface area contributed by atoms with Crippen LogP contribution in [0.3, 0.4) is 0 Å². The molecule has 1 unspecified atom stereocenters. The molecule has 20 heavy (non-hydrogen) atoms. The minimum Gasteiger partial charge on any atom is -0.497 e. The summed E-state index contributed by atoms with van der Waals surface area (Å²) in [4.78, 5) is 25.7. The minimum absolute atomic E-state index is 0.0684. The highest BCUT2D eigenvalue weighted by Crippen LogP contribution is 2.19. The maximum Gasteiger partial charge on any atom is 0.167 e. The number of benzene rings is 1. The molecule has 1 aromatic rings. The van der Waals surface area contributed by atoms with E-state index < -0.39 is 0 Å². The van der Waals surface area contributed by atoms with Gasteiger partial charge in [0, 0.05) is 24.4 Å². The molecule has 0 N–H and O–H groups in total. The van der Waals surface area contributed by atoms with Gasteiger partial charge in [-0.25, -0.2) is 0 Å². The summed E-state index contributed by atoms with van der Waals surface area (Å²) in [6.45, 7) is 2.20. The molecule has 0 saturated carbocycles. The molecule has 0 fully saturated rings. The van der Waals surface area contributed by atoms with Crippen molar-refractivity contribution in [3.8, 4) is 5.75 Å². The molecule has 1 atom stereocenters. The fraction of sp³-hybridized carbons (Fsp3) is 0.500. The van der Waals surface area contributed by atoms with Gasteiger partial charge in [0.15, 0.2) is 5.78 Å². The molecule has 0 aliphatic heterocycles. The second-order valence-electron chi connectivity index (χ2n) is 5.30. The van der Waals surface area contributed by atoms with Gasteiger partial charge in [-0.2, -0.15) is 0 Å². The Balaban J connectivity index is 2.87. The summed E-state index contributed by atoms with van der Waals surface area (Å²) in [7, 11) is 5.44. The smallest absolute Gasteiger partial charge is 0.167 e. The van der Waals surface area contributed by atoms with Crippen LogP contribution in [0.2, 0.25) is 0 Å². The number of hydrogen-bond donors (Lipinski definition) is 0. The number of methoxy groups -OCH3 is 1. The molecule has 1 rings (SSSR count). The van der Waals surface area contributed by atoms with Gasteiger partial charge in [-0.1, -0.05) is 12.1 Å². The van der Waals surface area contributed by atoms with Crippen molar-refractivity contribution < 1.29 is 14.3 Å². The summed E-state index contributed by atoms with van der Waals surface area (Å²) in [6, 6.07) is 7.16. The zero-order valence-electron chi connectivity index (χ0n) is 12.7. The first-order valence-electron chi connectivity index (χ1n) is 6.76. The van der Waals surface area contributed by atoms with E-state index in [0.717, 1.165) is 0 Å². The van der Waals surface area contributed by atoms with Gasteiger partial charge in [0.05, 0.1) is 7.11 Å². The van der Waals surface area contributed by atoms with Crippen LogP contribution in [0.25, 0.3) is 0 Å². The molecular formula is C16H23NO3. The Kier molecular flexibility index (Phi) is 6.39. The monoisotopic (exact) mass is 277 g/mol. The summed E-state index contributed by atoms with van der Waals surface area (Å²) < 4.78 is 5.15. The lowest BCUT2D eigenvalue weighted by atomic mass is 9.92. The Morgan fingerprint density at radius 1 is 1.30 bits per heavy atom. The first-order chi connectivity index (χ1) is 9.43. The van der Waals surface area contributed by atoms with Crippen molar-refractivity contribution in [1.29, 1.82) is 0 Å². The number of ether oxygens (including phenoxy) is 1. The van der Waals surface area contributed by atoms with E-state index in [1.54, 1.807) is 26.2 Å². The molecule has 0 radical (unpaired) electrons. The van der Waals surface area contributed by atoms with Gasteiger partial charge >= 0.3 is 0 Å². The Morgan fingerprint density at radius 2 is 2.00 bits per heavy atom. The normalized spacial score (nSPS) is 12.2. The van der Waals surface area contributed by atoms with E-state index in [0.29, 0.717) is 30.7 Å². The lowest BCUT2D eigenvalue weighted by Crippen LogP contribution is -2.28. The molecule has 1 aromatic carbocycles. The molecule has 4 heteroatoms. The quantitative estimate of drug-likeness (QED) is 0.685. The number of Topliss-reactive ketones (excluding diaryl/α,β-unsaturated/α-hetero) is 2. The summed E-state index contributed by atoms with van der Waals surface area (Å²) in [5.41, 5.74) is 0.639. The van der Waals surface area contributed by atoms with Crippen molar-refractivity contribution in [3.05, 3.63) is 29.8 Å². The van der Waals surface area contributed by atoms with E-state index in [4.69, 9.17) is 4.74 Å². The van der Waals surface area contributed by atoms with Gasteiger partial charge in [0.1, 0.15) is 11.5 Å². The van der Waals surface area contributed by atoms with Crippen LogP contribution in [0.15, 0.2) is 24.3 Å². The summed E-state index contributed by atoms with van der Waals surface area (Å²) in [6.07, 6.45) is 1.03. The second-order valence-corrected chi connectivity index (χ2v) is 5.30. The molecule has 0 spiro atoms. The molecule has 4 nitrogen and oxygen atoms in total. The number of ketones is 2. The molecule has 110 valence electrons. The first kappa shape index (κ1) is 16.4. The summed E-state index contributed by atoms with van der Waals surface area (Å²) >= 11 is 0. The third-order valence-corrected chi connectivity index (χ3v) is 3.16.